The highest BCUT2D eigenvalue weighted by molar-refractivity contribution is 5.66. The Balaban J connectivity index is 0.00000240. The smallest absolute Gasteiger partial charge is 0.303 e. The van der Waals surface area contributed by atoms with Gasteiger partial charge in [0.1, 0.15) is 0 Å². The molecule has 29 heavy (non-hydrogen) atoms. The number of carboxylic acid groups (broad SMARTS) is 1. The van der Waals surface area contributed by atoms with Crippen LogP contribution in [0.2, 0.25) is 0 Å². The fraction of sp³-hybridized carbons (Fsp3) is 0.960. The van der Waals surface area contributed by atoms with Crippen molar-refractivity contribution in [3.8, 4) is 0 Å². The number of rotatable bonds is 4. The molecule has 10 atom stereocenters. The van der Waals surface area contributed by atoms with E-state index in [1.54, 1.807) is 0 Å². The SMILES string of the molecule is CC(CCC(=O)O)C1CCC2C3CCC4CC(O)CCC4(C)C3CC(C)C12C.O. The molecule has 0 bridgehead atoms. The number of carboxylic acids is 1. The molecule has 0 aliphatic heterocycles. The summed E-state index contributed by atoms with van der Waals surface area (Å²) < 4.78 is 0. The van der Waals surface area contributed by atoms with Crippen molar-refractivity contribution in [2.24, 2.45) is 52.3 Å². The van der Waals surface area contributed by atoms with E-state index in [0.29, 0.717) is 29.1 Å². The molecule has 4 N–H and O–H groups in total. The van der Waals surface area contributed by atoms with Crippen LogP contribution in [0.1, 0.15) is 91.9 Å². The monoisotopic (exact) mass is 408 g/mol. The van der Waals surface area contributed by atoms with Crippen LogP contribution in [-0.2, 0) is 4.79 Å². The largest absolute Gasteiger partial charge is 0.481 e. The van der Waals surface area contributed by atoms with Crippen molar-refractivity contribution in [3.63, 3.8) is 0 Å². The van der Waals surface area contributed by atoms with Gasteiger partial charge >= 0.3 is 5.97 Å². The highest BCUT2D eigenvalue weighted by atomic mass is 16.4. The minimum Gasteiger partial charge on any atom is -0.481 e. The van der Waals surface area contributed by atoms with Crippen LogP contribution >= 0.6 is 0 Å². The maximum Gasteiger partial charge on any atom is 0.303 e. The highest BCUT2D eigenvalue weighted by Gasteiger charge is 2.62. The Morgan fingerprint density at radius 3 is 2.48 bits per heavy atom. The third-order valence-electron chi connectivity index (χ3n) is 10.8. The summed E-state index contributed by atoms with van der Waals surface area (Å²) in [5.74, 6) is 4.52. The van der Waals surface area contributed by atoms with Gasteiger partial charge < -0.3 is 15.7 Å². The van der Waals surface area contributed by atoms with Gasteiger partial charge in [-0.25, -0.2) is 0 Å². The number of aliphatic hydroxyl groups is 1. The summed E-state index contributed by atoms with van der Waals surface area (Å²) in [6.07, 6.45) is 11.0. The van der Waals surface area contributed by atoms with Gasteiger partial charge in [0.15, 0.2) is 0 Å². The first-order chi connectivity index (χ1) is 13.2. The second-order valence-corrected chi connectivity index (χ2v) is 11.7. The van der Waals surface area contributed by atoms with Crippen molar-refractivity contribution in [1.82, 2.24) is 0 Å². The second kappa shape index (κ2) is 8.15. The lowest BCUT2D eigenvalue weighted by Crippen LogP contribution is -2.56. The van der Waals surface area contributed by atoms with Gasteiger partial charge in [0.25, 0.3) is 0 Å². The van der Waals surface area contributed by atoms with Crippen molar-refractivity contribution in [3.05, 3.63) is 0 Å². The standard InChI is InChI=1S/C25H42O3.H2O/c1-15(5-10-23(27)28)20-8-9-21-19-7-6-17-14-18(26)11-12-24(17,3)22(19)13-16(2)25(20,21)4;/h15-22,26H,5-14H2,1-4H3,(H,27,28);1H2. The minimum absolute atomic E-state index is 0. The zero-order chi connectivity index (χ0) is 20.3. The zero-order valence-corrected chi connectivity index (χ0v) is 19.0. The molecule has 0 aromatic rings. The van der Waals surface area contributed by atoms with Crippen LogP contribution in [0.5, 0.6) is 0 Å². The Hall–Kier alpha value is -0.610. The van der Waals surface area contributed by atoms with Crippen molar-refractivity contribution in [2.45, 2.75) is 98.0 Å². The molecule has 4 saturated carbocycles. The van der Waals surface area contributed by atoms with Gasteiger partial charge in [-0.15, -0.1) is 0 Å². The molecule has 0 aromatic heterocycles. The average Bonchev–Trinajstić information content (AvgIpc) is 3.00. The Morgan fingerprint density at radius 2 is 1.79 bits per heavy atom. The Labute approximate surface area is 177 Å². The van der Waals surface area contributed by atoms with E-state index in [-0.39, 0.29) is 11.6 Å². The lowest BCUT2D eigenvalue weighted by molar-refractivity contribution is -0.149. The second-order valence-electron chi connectivity index (χ2n) is 11.7. The molecule has 10 unspecified atom stereocenters. The normalized spacial score (nSPS) is 49.9. The van der Waals surface area contributed by atoms with Crippen molar-refractivity contribution in [1.29, 1.82) is 0 Å². The fourth-order valence-electron chi connectivity index (χ4n) is 9.09. The molecule has 0 radical (unpaired) electrons. The molecule has 4 fully saturated rings. The molecule has 4 heteroatoms. The van der Waals surface area contributed by atoms with Gasteiger partial charge in [-0.3, -0.25) is 4.79 Å². The minimum atomic E-state index is -0.644. The van der Waals surface area contributed by atoms with Gasteiger partial charge in [0.2, 0.25) is 0 Å². The summed E-state index contributed by atoms with van der Waals surface area (Å²) in [6.45, 7) is 9.97. The van der Waals surface area contributed by atoms with E-state index in [0.717, 1.165) is 48.9 Å². The summed E-state index contributed by atoms with van der Waals surface area (Å²) in [4.78, 5) is 11.1. The average molecular weight is 409 g/mol. The van der Waals surface area contributed by atoms with E-state index in [1.165, 1.54) is 38.5 Å². The van der Waals surface area contributed by atoms with Gasteiger partial charge in [-0.1, -0.05) is 27.7 Å². The molecule has 0 spiro atoms. The van der Waals surface area contributed by atoms with E-state index in [4.69, 9.17) is 5.11 Å². The van der Waals surface area contributed by atoms with Crippen LogP contribution in [0.15, 0.2) is 0 Å². The topological polar surface area (TPSA) is 89.0 Å². The van der Waals surface area contributed by atoms with E-state index in [2.05, 4.69) is 27.7 Å². The third kappa shape index (κ3) is 3.56. The van der Waals surface area contributed by atoms with E-state index >= 15 is 0 Å². The van der Waals surface area contributed by atoms with Gasteiger partial charge in [-0.05, 0) is 110 Å². The molecule has 168 valence electrons. The Kier molecular flexibility index (Phi) is 6.48. The summed E-state index contributed by atoms with van der Waals surface area (Å²) in [5, 5.41) is 19.4. The molecule has 0 saturated heterocycles. The lowest BCUT2D eigenvalue weighted by Gasteiger charge is -2.63. The third-order valence-corrected chi connectivity index (χ3v) is 10.8. The molecule has 4 aliphatic rings. The van der Waals surface area contributed by atoms with Gasteiger partial charge in [0, 0.05) is 6.42 Å². The quantitative estimate of drug-likeness (QED) is 0.691. The fourth-order valence-corrected chi connectivity index (χ4v) is 9.09. The molecule has 4 nitrogen and oxygen atoms in total. The highest BCUT2D eigenvalue weighted by Crippen LogP contribution is 2.69. The molecule has 4 aliphatic carbocycles. The van der Waals surface area contributed by atoms with Crippen LogP contribution in [0, 0.1) is 52.3 Å². The van der Waals surface area contributed by atoms with Crippen molar-refractivity contribution in [2.75, 3.05) is 0 Å². The Morgan fingerprint density at radius 1 is 1.07 bits per heavy atom. The summed E-state index contributed by atoms with van der Waals surface area (Å²) in [6, 6.07) is 0. The molecule has 0 aromatic carbocycles. The van der Waals surface area contributed by atoms with Crippen LogP contribution in [0.25, 0.3) is 0 Å². The van der Waals surface area contributed by atoms with Gasteiger partial charge in [0.05, 0.1) is 6.10 Å². The number of carbonyl (C=O) groups is 1. The van der Waals surface area contributed by atoms with Crippen molar-refractivity contribution < 1.29 is 20.5 Å². The number of hydrogen-bond acceptors (Lipinski definition) is 2. The first kappa shape index (κ1) is 23.1. The van der Waals surface area contributed by atoms with Crippen LogP contribution in [0.4, 0.5) is 0 Å². The molecule has 0 amide bonds. The number of fused-ring (bicyclic) bond motifs is 5. The zero-order valence-electron chi connectivity index (χ0n) is 19.0. The summed E-state index contributed by atoms with van der Waals surface area (Å²) in [7, 11) is 0. The number of aliphatic carboxylic acids is 1. The molecular weight excluding hydrogens is 364 g/mol. The number of hydrogen-bond donors (Lipinski definition) is 2. The first-order valence-corrected chi connectivity index (χ1v) is 12.1. The van der Waals surface area contributed by atoms with Crippen LogP contribution in [0.3, 0.4) is 0 Å². The maximum atomic E-state index is 11.1. The van der Waals surface area contributed by atoms with Gasteiger partial charge in [-0.2, -0.15) is 0 Å². The number of aliphatic hydroxyl groups excluding tert-OH is 1. The van der Waals surface area contributed by atoms with Crippen molar-refractivity contribution >= 4 is 5.97 Å². The van der Waals surface area contributed by atoms with E-state index in [1.807, 2.05) is 0 Å². The van der Waals surface area contributed by atoms with Crippen LogP contribution < -0.4 is 0 Å². The van der Waals surface area contributed by atoms with Crippen LogP contribution in [-0.4, -0.2) is 27.8 Å². The Bertz CT molecular complexity index is 606. The predicted molar refractivity (Wildman–Crippen MR) is 115 cm³/mol. The summed E-state index contributed by atoms with van der Waals surface area (Å²) >= 11 is 0. The molecule has 0 heterocycles. The van der Waals surface area contributed by atoms with E-state index < -0.39 is 5.97 Å². The van der Waals surface area contributed by atoms with E-state index in [9.17, 15) is 9.90 Å². The lowest BCUT2D eigenvalue weighted by atomic mass is 9.42. The predicted octanol–water partition coefficient (Wildman–Crippen LogP) is 4.93. The first-order valence-electron chi connectivity index (χ1n) is 12.1. The molecular formula is C25H44O4. The molecule has 4 rings (SSSR count). The maximum absolute atomic E-state index is 11.1. The summed E-state index contributed by atoms with van der Waals surface area (Å²) in [5.41, 5.74) is 0.821.